The highest BCUT2D eigenvalue weighted by Gasteiger charge is 2.20. The van der Waals surface area contributed by atoms with E-state index in [2.05, 4.69) is 10.1 Å². The predicted octanol–water partition coefficient (Wildman–Crippen LogP) is 3.22. The molecule has 0 saturated carbocycles. The maximum Gasteiger partial charge on any atom is 0.387 e. The summed E-state index contributed by atoms with van der Waals surface area (Å²) in [6, 6.07) is 7.47. The lowest BCUT2D eigenvalue weighted by Gasteiger charge is -2.20. The van der Waals surface area contributed by atoms with E-state index in [0.717, 1.165) is 0 Å². The average molecular weight is 324 g/mol. The van der Waals surface area contributed by atoms with Gasteiger partial charge in [0.1, 0.15) is 17.8 Å². The zero-order valence-electron chi connectivity index (χ0n) is 12.6. The van der Waals surface area contributed by atoms with Gasteiger partial charge in [-0.25, -0.2) is 0 Å². The molecule has 1 aromatic heterocycles. The molecule has 7 heteroatoms. The Morgan fingerprint density at radius 3 is 2.74 bits per heavy atom. The number of furan rings is 1. The first kappa shape index (κ1) is 17.0. The van der Waals surface area contributed by atoms with Crippen LogP contribution in [0.5, 0.6) is 5.75 Å². The minimum atomic E-state index is -2.93. The number of hydrogen-bond donors (Lipinski definition) is 2. The van der Waals surface area contributed by atoms with Crippen molar-refractivity contribution >= 4 is 5.91 Å². The molecule has 1 heterocycles. The van der Waals surface area contributed by atoms with Gasteiger partial charge in [0.15, 0.2) is 0 Å². The molecule has 0 spiro atoms. The van der Waals surface area contributed by atoms with Crippen LogP contribution in [-0.2, 0) is 6.54 Å². The van der Waals surface area contributed by atoms with Gasteiger partial charge in [0.05, 0.1) is 18.2 Å². The fourth-order valence-corrected chi connectivity index (χ4v) is 2.22. The molecule has 0 saturated heterocycles. The molecule has 0 bridgehead atoms. The van der Waals surface area contributed by atoms with E-state index in [1.165, 1.54) is 12.3 Å². The molecular formula is C16H18F2N2O3. The van der Waals surface area contributed by atoms with Crippen LogP contribution in [0.15, 0.2) is 41.0 Å². The van der Waals surface area contributed by atoms with Crippen molar-refractivity contribution in [1.29, 1.82) is 0 Å². The molecule has 124 valence electrons. The number of nitrogens with two attached hydrogens (primary N) is 1. The molecule has 2 rings (SSSR count). The van der Waals surface area contributed by atoms with Gasteiger partial charge in [0.2, 0.25) is 0 Å². The molecule has 5 nitrogen and oxygen atoms in total. The van der Waals surface area contributed by atoms with Crippen molar-refractivity contribution in [2.24, 2.45) is 5.73 Å². The monoisotopic (exact) mass is 324 g/mol. The second-order valence-corrected chi connectivity index (χ2v) is 4.86. The number of carbonyl (C=O) groups excluding carboxylic acids is 1. The third kappa shape index (κ3) is 4.29. The van der Waals surface area contributed by atoms with Gasteiger partial charge < -0.3 is 20.2 Å². The van der Waals surface area contributed by atoms with Crippen LogP contribution in [0.25, 0.3) is 0 Å². The van der Waals surface area contributed by atoms with E-state index in [-0.39, 0.29) is 18.2 Å². The number of nitrogens with one attached hydrogen (secondary N) is 1. The summed E-state index contributed by atoms with van der Waals surface area (Å²) in [5.74, 6) is 0.168. The highest BCUT2D eigenvalue weighted by atomic mass is 19.3. The number of ether oxygens (including phenoxy) is 1. The standard InChI is InChI=1S/C16H18F2N2O3/c1-2-13(12-5-3-4-6-14(12)23-16(17)18)20-15(21)10-7-11(8-19)22-9-10/h3-7,9,13,16H,2,8,19H2,1H3,(H,20,21). The normalized spacial score (nSPS) is 12.2. The number of rotatable bonds is 7. The molecule has 1 amide bonds. The van der Waals surface area contributed by atoms with Crippen molar-refractivity contribution in [3.63, 3.8) is 0 Å². The molecule has 2 aromatic rings. The molecule has 0 radical (unpaired) electrons. The Kier molecular flexibility index (Phi) is 5.70. The maximum absolute atomic E-state index is 12.5. The minimum absolute atomic E-state index is 0.0458. The first-order valence-corrected chi connectivity index (χ1v) is 7.17. The average Bonchev–Trinajstić information content (AvgIpc) is 3.02. The van der Waals surface area contributed by atoms with Gasteiger partial charge in [-0.2, -0.15) is 8.78 Å². The third-order valence-electron chi connectivity index (χ3n) is 3.34. The third-order valence-corrected chi connectivity index (χ3v) is 3.34. The molecule has 0 aliphatic heterocycles. The maximum atomic E-state index is 12.5. The van der Waals surface area contributed by atoms with Crippen molar-refractivity contribution in [3.05, 3.63) is 53.5 Å². The quantitative estimate of drug-likeness (QED) is 0.820. The fourth-order valence-electron chi connectivity index (χ4n) is 2.22. The molecule has 0 aliphatic carbocycles. The Morgan fingerprint density at radius 1 is 1.39 bits per heavy atom. The molecule has 3 N–H and O–H groups in total. The van der Waals surface area contributed by atoms with E-state index in [1.807, 2.05) is 6.92 Å². The molecule has 1 unspecified atom stereocenters. The number of carbonyl (C=O) groups is 1. The lowest BCUT2D eigenvalue weighted by molar-refractivity contribution is -0.0506. The molecule has 23 heavy (non-hydrogen) atoms. The summed E-state index contributed by atoms with van der Waals surface area (Å²) in [6.07, 6.45) is 1.82. The minimum Gasteiger partial charge on any atom is -0.467 e. The van der Waals surface area contributed by atoms with Gasteiger partial charge in [0, 0.05) is 5.56 Å². The Morgan fingerprint density at radius 2 is 2.13 bits per heavy atom. The molecule has 0 aliphatic rings. The van der Waals surface area contributed by atoms with Gasteiger partial charge in [-0.05, 0) is 18.6 Å². The fraction of sp³-hybridized carbons (Fsp3) is 0.312. The Hall–Kier alpha value is -2.41. The molecule has 1 atom stereocenters. The summed E-state index contributed by atoms with van der Waals surface area (Å²) in [6.45, 7) is -0.898. The van der Waals surface area contributed by atoms with E-state index in [4.69, 9.17) is 10.2 Å². The van der Waals surface area contributed by atoms with E-state index in [1.54, 1.807) is 24.3 Å². The summed E-state index contributed by atoms with van der Waals surface area (Å²) in [7, 11) is 0. The lowest BCUT2D eigenvalue weighted by atomic mass is 10.0. The van der Waals surface area contributed by atoms with Crippen LogP contribution in [0.4, 0.5) is 8.78 Å². The number of hydrogen-bond acceptors (Lipinski definition) is 4. The first-order chi connectivity index (χ1) is 11.0. The van der Waals surface area contributed by atoms with Crippen molar-refractivity contribution in [3.8, 4) is 5.75 Å². The smallest absolute Gasteiger partial charge is 0.387 e. The van der Waals surface area contributed by atoms with E-state index >= 15 is 0 Å². The summed E-state index contributed by atoms with van der Waals surface area (Å²) in [5, 5.41) is 2.79. The summed E-state index contributed by atoms with van der Waals surface area (Å²) in [4.78, 5) is 12.2. The van der Waals surface area contributed by atoms with Gasteiger partial charge in [-0.15, -0.1) is 0 Å². The van der Waals surface area contributed by atoms with Crippen LogP contribution < -0.4 is 15.8 Å². The number of alkyl halides is 2. The van der Waals surface area contributed by atoms with Crippen LogP contribution in [0, 0.1) is 0 Å². The second kappa shape index (κ2) is 7.73. The van der Waals surface area contributed by atoms with Crippen LogP contribution in [0.3, 0.4) is 0 Å². The first-order valence-electron chi connectivity index (χ1n) is 7.17. The van der Waals surface area contributed by atoms with Crippen molar-refractivity contribution in [2.75, 3.05) is 0 Å². The zero-order valence-corrected chi connectivity index (χ0v) is 12.6. The Bertz CT molecular complexity index is 658. The molecule has 1 aromatic carbocycles. The Labute approximate surface area is 132 Å². The Balaban J connectivity index is 2.18. The van der Waals surface area contributed by atoms with Crippen molar-refractivity contribution in [1.82, 2.24) is 5.32 Å². The van der Waals surface area contributed by atoms with Crippen LogP contribution in [0.1, 0.15) is 41.1 Å². The number of halogens is 2. The van der Waals surface area contributed by atoms with Gasteiger partial charge in [-0.3, -0.25) is 4.79 Å². The molecular weight excluding hydrogens is 306 g/mol. The van der Waals surface area contributed by atoms with Gasteiger partial charge >= 0.3 is 6.61 Å². The lowest BCUT2D eigenvalue weighted by Crippen LogP contribution is -2.28. The molecule has 0 fully saturated rings. The zero-order chi connectivity index (χ0) is 16.8. The van der Waals surface area contributed by atoms with Crippen LogP contribution in [0.2, 0.25) is 0 Å². The summed E-state index contributed by atoms with van der Waals surface area (Å²) in [5.41, 5.74) is 6.26. The van der Waals surface area contributed by atoms with Gasteiger partial charge in [-0.1, -0.05) is 25.1 Å². The van der Waals surface area contributed by atoms with E-state index in [0.29, 0.717) is 23.3 Å². The van der Waals surface area contributed by atoms with Gasteiger partial charge in [0.25, 0.3) is 5.91 Å². The van der Waals surface area contributed by atoms with E-state index < -0.39 is 12.7 Å². The van der Waals surface area contributed by atoms with E-state index in [9.17, 15) is 13.6 Å². The summed E-state index contributed by atoms with van der Waals surface area (Å²) < 4.78 is 34.6. The highest BCUT2D eigenvalue weighted by molar-refractivity contribution is 5.94. The van der Waals surface area contributed by atoms with Crippen LogP contribution in [-0.4, -0.2) is 12.5 Å². The topological polar surface area (TPSA) is 77.5 Å². The van der Waals surface area contributed by atoms with Crippen molar-refractivity contribution in [2.45, 2.75) is 32.5 Å². The number of amides is 1. The predicted molar refractivity (Wildman–Crippen MR) is 80.2 cm³/mol. The SMILES string of the molecule is CCC(NC(=O)c1coc(CN)c1)c1ccccc1OC(F)F. The largest absolute Gasteiger partial charge is 0.467 e. The van der Waals surface area contributed by atoms with Crippen molar-refractivity contribution < 1.29 is 22.7 Å². The van der Waals surface area contributed by atoms with Crippen LogP contribution >= 0.6 is 0 Å². The number of benzene rings is 1. The number of para-hydroxylation sites is 1. The second-order valence-electron chi connectivity index (χ2n) is 4.86. The summed E-state index contributed by atoms with van der Waals surface area (Å²) >= 11 is 0. The highest BCUT2D eigenvalue weighted by Crippen LogP contribution is 2.28.